The van der Waals surface area contributed by atoms with Crippen LogP contribution >= 0.6 is 0 Å². The van der Waals surface area contributed by atoms with Gasteiger partial charge < -0.3 is 14.6 Å². The number of urea groups is 1. The van der Waals surface area contributed by atoms with Gasteiger partial charge in [-0.1, -0.05) is 19.9 Å². The van der Waals surface area contributed by atoms with E-state index < -0.39 is 11.4 Å². The van der Waals surface area contributed by atoms with Crippen LogP contribution in [0.3, 0.4) is 0 Å². The number of rotatable bonds is 4. The number of likely N-dealkylation sites (tertiary alicyclic amines) is 1. The number of anilines is 1. The molecule has 3 aromatic rings. The van der Waals surface area contributed by atoms with Gasteiger partial charge in [-0.2, -0.15) is 0 Å². The van der Waals surface area contributed by atoms with Gasteiger partial charge in [0.15, 0.2) is 11.6 Å². The predicted octanol–water partition coefficient (Wildman–Crippen LogP) is 4.47. The van der Waals surface area contributed by atoms with Gasteiger partial charge in [0, 0.05) is 30.1 Å². The Morgan fingerprint density at radius 2 is 2.06 bits per heavy atom. The molecule has 9 heteroatoms. The van der Waals surface area contributed by atoms with Gasteiger partial charge in [0.05, 0.1) is 12.4 Å². The maximum atomic E-state index is 13.4. The molecule has 3 atom stereocenters. The Labute approximate surface area is 185 Å². The van der Waals surface area contributed by atoms with Crippen LogP contribution in [0.25, 0.3) is 11.4 Å². The second kappa shape index (κ2) is 7.65. The standard InChI is InChI=1S/C23H25FN6O2/c1-4-19-28-29-21(32-19)23-9-13(2)7-17(10-23)30(23)22(31)27-16-6-5-14(3)18(8-16)20-25-11-15(24)12-26-20/h5-6,8,11-13,17H,4,7,9-10H2,1-3H3,(H,27,31)/t13-,17?,23?/m1/s1. The lowest BCUT2D eigenvalue weighted by Gasteiger charge is -2.61. The van der Waals surface area contributed by atoms with Crippen molar-refractivity contribution in [2.75, 3.05) is 5.32 Å². The summed E-state index contributed by atoms with van der Waals surface area (Å²) in [5.74, 6) is 1.49. The van der Waals surface area contributed by atoms with Crippen LogP contribution in [0.4, 0.5) is 14.9 Å². The number of carbonyl (C=O) groups is 1. The fourth-order valence-electron chi connectivity index (χ4n) is 5.11. The fraction of sp³-hybridized carbons (Fsp3) is 0.435. The molecule has 8 nitrogen and oxygen atoms in total. The normalized spacial score (nSPS) is 24.2. The number of aromatic nitrogens is 4. The second-order valence-electron chi connectivity index (χ2n) is 8.84. The highest BCUT2D eigenvalue weighted by atomic mass is 19.1. The smallest absolute Gasteiger partial charge is 0.323 e. The molecule has 2 aliphatic rings. The average Bonchev–Trinajstić information content (AvgIpc) is 3.25. The van der Waals surface area contributed by atoms with E-state index in [1.165, 1.54) is 0 Å². The lowest BCUT2D eigenvalue weighted by atomic mass is 9.64. The molecule has 1 aliphatic carbocycles. The van der Waals surface area contributed by atoms with Gasteiger partial charge in [0.2, 0.25) is 11.8 Å². The summed E-state index contributed by atoms with van der Waals surface area (Å²) in [7, 11) is 0. The molecular weight excluding hydrogens is 411 g/mol. The van der Waals surface area contributed by atoms with Crippen LogP contribution in [0.1, 0.15) is 50.5 Å². The summed E-state index contributed by atoms with van der Waals surface area (Å²) >= 11 is 0. The molecule has 32 heavy (non-hydrogen) atoms. The number of piperidine rings is 1. The molecule has 2 fully saturated rings. The third-order valence-corrected chi connectivity index (χ3v) is 6.50. The number of halogens is 1. The molecule has 1 saturated heterocycles. The van der Waals surface area contributed by atoms with Gasteiger partial charge in [-0.3, -0.25) is 0 Å². The molecule has 1 N–H and O–H groups in total. The Bertz CT molecular complexity index is 1160. The predicted molar refractivity (Wildman–Crippen MR) is 115 cm³/mol. The Morgan fingerprint density at radius 3 is 2.78 bits per heavy atom. The van der Waals surface area contributed by atoms with Gasteiger partial charge in [-0.05, 0) is 43.4 Å². The van der Waals surface area contributed by atoms with E-state index in [9.17, 15) is 9.18 Å². The lowest BCUT2D eigenvalue weighted by Crippen LogP contribution is -2.70. The molecule has 166 valence electrons. The number of nitrogens with zero attached hydrogens (tertiary/aromatic N) is 5. The highest BCUT2D eigenvalue weighted by Crippen LogP contribution is 2.55. The van der Waals surface area contributed by atoms with Gasteiger partial charge >= 0.3 is 6.03 Å². The molecule has 2 amide bonds. The largest absolute Gasteiger partial charge is 0.423 e. The van der Waals surface area contributed by atoms with E-state index in [0.717, 1.165) is 42.8 Å². The zero-order valence-corrected chi connectivity index (χ0v) is 18.3. The lowest BCUT2D eigenvalue weighted by molar-refractivity contribution is -0.110. The Hall–Kier alpha value is -3.36. The van der Waals surface area contributed by atoms with Crippen LogP contribution in [0.5, 0.6) is 0 Å². The Balaban J connectivity index is 1.42. The Kier molecular flexibility index (Phi) is 4.91. The molecule has 3 heterocycles. The number of hydrogen-bond acceptors (Lipinski definition) is 6. The molecule has 2 bridgehead atoms. The molecular formula is C23H25FN6O2. The quantitative estimate of drug-likeness (QED) is 0.648. The maximum absolute atomic E-state index is 13.4. The fourth-order valence-corrected chi connectivity index (χ4v) is 5.11. The van der Waals surface area contributed by atoms with Crippen molar-refractivity contribution < 1.29 is 13.6 Å². The summed E-state index contributed by atoms with van der Waals surface area (Å²) < 4.78 is 19.1. The van der Waals surface area contributed by atoms with Crippen LogP contribution in [0.15, 0.2) is 35.0 Å². The Morgan fingerprint density at radius 1 is 1.28 bits per heavy atom. The summed E-state index contributed by atoms with van der Waals surface area (Å²) in [6, 6.07) is 5.48. The number of benzene rings is 1. The number of aryl methyl sites for hydroxylation is 2. The van der Waals surface area contributed by atoms with Crippen molar-refractivity contribution >= 4 is 11.7 Å². The van der Waals surface area contributed by atoms with Gasteiger partial charge in [0.1, 0.15) is 5.54 Å². The number of nitrogens with one attached hydrogen (secondary N) is 1. The summed E-state index contributed by atoms with van der Waals surface area (Å²) in [4.78, 5) is 23.4. The van der Waals surface area contributed by atoms with E-state index in [2.05, 4.69) is 32.4 Å². The first-order valence-corrected chi connectivity index (χ1v) is 10.9. The number of hydrogen-bond donors (Lipinski definition) is 1. The van der Waals surface area contributed by atoms with E-state index >= 15 is 0 Å². The first-order chi connectivity index (χ1) is 15.4. The minimum atomic E-state index is -0.555. The van der Waals surface area contributed by atoms with Gasteiger partial charge in [0.25, 0.3) is 0 Å². The first-order valence-electron chi connectivity index (χ1n) is 10.9. The summed E-state index contributed by atoms with van der Waals surface area (Å²) in [6.07, 6.45) is 5.50. The molecule has 1 aliphatic heterocycles. The second-order valence-corrected chi connectivity index (χ2v) is 8.84. The molecule has 1 saturated carbocycles. The van der Waals surface area contributed by atoms with E-state index in [0.29, 0.717) is 35.6 Å². The van der Waals surface area contributed by atoms with Crippen LogP contribution in [0.2, 0.25) is 0 Å². The molecule has 2 aromatic heterocycles. The third-order valence-electron chi connectivity index (χ3n) is 6.50. The topological polar surface area (TPSA) is 97.0 Å². The highest BCUT2D eigenvalue weighted by molar-refractivity contribution is 5.91. The summed E-state index contributed by atoms with van der Waals surface area (Å²) in [5.41, 5.74) is 1.73. The van der Waals surface area contributed by atoms with Crippen molar-refractivity contribution in [2.24, 2.45) is 5.92 Å². The number of fused-ring (bicyclic) bond motifs is 2. The van der Waals surface area contributed by atoms with Crippen molar-refractivity contribution in [2.45, 2.75) is 58.0 Å². The van der Waals surface area contributed by atoms with Crippen LogP contribution in [-0.2, 0) is 12.0 Å². The van der Waals surface area contributed by atoms with Crippen LogP contribution in [-0.4, -0.2) is 37.1 Å². The average molecular weight is 436 g/mol. The zero-order valence-electron chi connectivity index (χ0n) is 18.3. The van der Waals surface area contributed by atoms with Crippen molar-refractivity contribution in [3.8, 4) is 11.4 Å². The van der Waals surface area contributed by atoms with E-state index in [-0.39, 0.29) is 12.1 Å². The van der Waals surface area contributed by atoms with Crippen molar-refractivity contribution in [1.29, 1.82) is 0 Å². The molecule has 5 rings (SSSR count). The highest BCUT2D eigenvalue weighted by Gasteiger charge is 2.62. The minimum absolute atomic E-state index is 0.140. The zero-order chi connectivity index (χ0) is 22.5. The van der Waals surface area contributed by atoms with Crippen LogP contribution in [0, 0.1) is 18.7 Å². The van der Waals surface area contributed by atoms with E-state index in [1.54, 1.807) is 0 Å². The third kappa shape index (κ3) is 3.32. The SMILES string of the molecule is CCc1nnc(C23CC(C[C@@H](C)C2)N3C(=O)Nc2ccc(C)c(-c3ncc(F)cn3)c2)o1. The molecule has 1 aromatic carbocycles. The monoisotopic (exact) mass is 436 g/mol. The maximum Gasteiger partial charge on any atom is 0.323 e. The van der Waals surface area contributed by atoms with E-state index in [1.807, 2.05) is 36.9 Å². The minimum Gasteiger partial charge on any atom is -0.423 e. The van der Waals surface area contributed by atoms with E-state index in [4.69, 9.17) is 4.42 Å². The van der Waals surface area contributed by atoms with Crippen molar-refractivity contribution in [3.05, 3.63) is 53.8 Å². The first kappa shape index (κ1) is 20.5. The van der Waals surface area contributed by atoms with Crippen LogP contribution < -0.4 is 5.32 Å². The number of carbonyl (C=O) groups excluding carboxylic acids is 1. The molecule has 2 unspecified atom stereocenters. The molecule has 0 radical (unpaired) electrons. The molecule has 0 spiro atoms. The van der Waals surface area contributed by atoms with Gasteiger partial charge in [-0.15, -0.1) is 10.2 Å². The van der Waals surface area contributed by atoms with Crippen molar-refractivity contribution in [1.82, 2.24) is 25.1 Å². The van der Waals surface area contributed by atoms with Gasteiger partial charge in [-0.25, -0.2) is 19.2 Å². The van der Waals surface area contributed by atoms with Crippen molar-refractivity contribution in [3.63, 3.8) is 0 Å². The summed E-state index contributed by atoms with van der Waals surface area (Å²) in [6.45, 7) is 6.08. The number of amides is 2. The summed E-state index contributed by atoms with van der Waals surface area (Å²) in [5, 5.41) is 11.4.